The lowest BCUT2D eigenvalue weighted by molar-refractivity contribution is -0.119. The van der Waals surface area contributed by atoms with Crippen LogP contribution in [0, 0.1) is 11.3 Å². The first-order valence-electron chi connectivity index (χ1n) is 7.56. The van der Waals surface area contributed by atoms with Gasteiger partial charge in [-0.25, -0.2) is 0 Å². The largest absolute Gasteiger partial charge is 0.384 e. The molecule has 3 N–H and O–H groups in total. The molecule has 0 bridgehead atoms. The summed E-state index contributed by atoms with van der Waals surface area (Å²) in [5.74, 6) is 0.0127. The molecule has 4 heteroatoms. The second-order valence-electron chi connectivity index (χ2n) is 5.52. The van der Waals surface area contributed by atoms with Crippen LogP contribution in [0.3, 0.4) is 0 Å². The van der Waals surface area contributed by atoms with Crippen molar-refractivity contribution in [1.29, 1.82) is 5.41 Å². The Hall–Kier alpha value is -2.75. The molecule has 23 heavy (non-hydrogen) atoms. The molecule has 1 unspecified atom stereocenters. The van der Waals surface area contributed by atoms with Crippen LogP contribution in [0.2, 0.25) is 0 Å². The van der Waals surface area contributed by atoms with Gasteiger partial charge < -0.3 is 5.73 Å². The minimum absolute atomic E-state index is 0.0557. The maximum absolute atomic E-state index is 12.1. The zero-order valence-electron chi connectivity index (χ0n) is 13.2. The van der Waals surface area contributed by atoms with Crippen molar-refractivity contribution in [3.05, 3.63) is 71.3 Å². The summed E-state index contributed by atoms with van der Waals surface area (Å²) >= 11 is 0. The number of aliphatic imine (C=N–C) groups is 1. The predicted molar refractivity (Wildman–Crippen MR) is 94.0 cm³/mol. The summed E-state index contributed by atoms with van der Waals surface area (Å²) < 4.78 is 0. The molecule has 0 fully saturated rings. The minimum atomic E-state index is -0.202. The van der Waals surface area contributed by atoms with Crippen LogP contribution in [0.15, 0.2) is 59.6 Å². The summed E-state index contributed by atoms with van der Waals surface area (Å²) in [6.45, 7) is 2.38. The second-order valence-corrected chi connectivity index (χ2v) is 5.52. The van der Waals surface area contributed by atoms with E-state index >= 15 is 0 Å². The van der Waals surface area contributed by atoms with Crippen LogP contribution in [0.1, 0.15) is 23.6 Å². The molecule has 2 aromatic carbocycles. The van der Waals surface area contributed by atoms with E-state index in [1.807, 2.05) is 49.4 Å². The lowest BCUT2D eigenvalue weighted by Gasteiger charge is -2.05. The van der Waals surface area contributed by atoms with Crippen molar-refractivity contribution in [3.63, 3.8) is 0 Å². The Morgan fingerprint density at radius 2 is 1.78 bits per heavy atom. The van der Waals surface area contributed by atoms with Crippen LogP contribution in [-0.4, -0.2) is 17.8 Å². The molecule has 2 aromatic rings. The number of rotatable bonds is 7. The minimum Gasteiger partial charge on any atom is -0.384 e. The highest BCUT2D eigenvalue weighted by molar-refractivity contribution is 5.95. The first-order valence-corrected chi connectivity index (χ1v) is 7.56. The van der Waals surface area contributed by atoms with Gasteiger partial charge in [-0.3, -0.25) is 15.2 Å². The van der Waals surface area contributed by atoms with Crippen molar-refractivity contribution in [1.82, 2.24) is 0 Å². The van der Waals surface area contributed by atoms with Gasteiger partial charge in [-0.05, 0) is 11.1 Å². The van der Waals surface area contributed by atoms with Crippen LogP contribution in [0.25, 0.3) is 0 Å². The van der Waals surface area contributed by atoms with Gasteiger partial charge in [0.25, 0.3) is 0 Å². The fraction of sp³-hybridized carbons (Fsp3) is 0.211. The van der Waals surface area contributed by atoms with E-state index in [0.717, 1.165) is 11.1 Å². The van der Waals surface area contributed by atoms with E-state index in [-0.39, 0.29) is 17.5 Å². The van der Waals surface area contributed by atoms with E-state index in [4.69, 9.17) is 11.1 Å². The first kappa shape index (κ1) is 16.6. The van der Waals surface area contributed by atoms with Gasteiger partial charge in [0.2, 0.25) is 0 Å². The van der Waals surface area contributed by atoms with Crippen molar-refractivity contribution < 1.29 is 4.79 Å². The number of carbonyl (C=O) groups is 1. The SMILES string of the molecule is CC(C=NCc1ccc(C(=N)N)cc1)C(=O)Cc1ccccc1. The molecule has 0 radical (unpaired) electrons. The number of nitrogen functional groups attached to an aromatic ring is 1. The molecule has 118 valence electrons. The number of nitrogens with two attached hydrogens (primary N) is 1. The molecule has 2 rings (SSSR count). The van der Waals surface area contributed by atoms with E-state index in [1.54, 1.807) is 18.3 Å². The third-order valence-corrected chi connectivity index (χ3v) is 3.60. The van der Waals surface area contributed by atoms with E-state index < -0.39 is 0 Å². The molecule has 0 aromatic heterocycles. The van der Waals surface area contributed by atoms with Gasteiger partial charge in [0, 0.05) is 18.2 Å². The molecule has 0 aliphatic heterocycles. The van der Waals surface area contributed by atoms with Crippen LogP contribution >= 0.6 is 0 Å². The summed E-state index contributed by atoms with van der Waals surface area (Å²) in [6, 6.07) is 17.1. The monoisotopic (exact) mass is 307 g/mol. The highest BCUT2D eigenvalue weighted by Crippen LogP contribution is 2.07. The number of hydrogen-bond acceptors (Lipinski definition) is 3. The highest BCUT2D eigenvalue weighted by Gasteiger charge is 2.10. The zero-order valence-corrected chi connectivity index (χ0v) is 13.2. The molecule has 0 aliphatic carbocycles. The normalized spacial score (nSPS) is 12.2. The fourth-order valence-electron chi connectivity index (χ4n) is 2.15. The Balaban J connectivity index is 1.86. The summed E-state index contributed by atoms with van der Waals surface area (Å²) in [4.78, 5) is 16.5. The first-order chi connectivity index (χ1) is 11.1. The van der Waals surface area contributed by atoms with Crippen molar-refractivity contribution >= 4 is 17.8 Å². The topological polar surface area (TPSA) is 79.3 Å². The molecule has 1 atom stereocenters. The Bertz CT molecular complexity index is 690. The van der Waals surface area contributed by atoms with Crippen LogP contribution < -0.4 is 5.73 Å². The molecule has 4 nitrogen and oxygen atoms in total. The average molecular weight is 307 g/mol. The van der Waals surface area contributed by atoms with Crippen molar-refractivity contribution in [3.8, 4) is 0 Å². The number of amidine groups is 1. The number of nitrogens with one attached hydrogen (secondary N) is 1. The number of carbonyl (C=O) groups excluding carboxylic acids is 1. The van der Waals surface area contributed by atoms with E-state index in [9.17, 15) is 4.79 Å². The Morgan fingerprint density at radius 3 is 2.39 bits per heavy atom. The lowest BCUT2D eigenvalue weighted by atomic mass is 10.0. The molecule has 0 saturated heterocycles. The molecule has 0 spiro atoms. The average Bonchev–Trinajstić information content (AvgIpc) is 2.56. The molecule has 0 saturated carbocycles. The van der Waals surface area contributed by atoms with Crippen LogP contribution in [0.4, 0.5) is 0 Å². The van der Waals surface area contributed by atoms with Gasteiger partial charge >= 0.3 is 0 Å². The Labute approximate surface area is 136 Å². The predicted octanol–water partition coefficient (Wildman–Crippen LogP) is 2.99. The van der Waals surface area contributed by atoms with E-state index in [0.29, 0.717) is 18.5 Å². The van der Waals surface area contributed by atoms with Gasteiger partial charge in [0.05, 0.1) is 12.5 Å². The van der Waals surface area contributed by atoms with Gasteiger partial charge in [0.15, 0.2) is 0 Å². The van der Waals surface area contributed by atoms with E-state index in [2.05, 4.69) is 4.99 Å². The third-order valence-electron chi connectivity index (χ3n) is 3.60. The standard InChI is InChI=1S/C19H21N3O/c1-14(18(23)11-15-5-3-2-4-6-15)12-22-13-16-7-9-17(10-8-16)19(20)21/h2-10,12,14H,11,13H2,1H3,(H3,20,21). The molecular formula is C19H21N3O. The van der Waals surface area contributed by atoms with Crippen molar-refractivity contribution in [2.45, 2.75) is 19.9 Å². The summed E-state index contributed by atoms with van der Waals surface area (Å²) in [5.41, 5.74) is 8.16. The van der Waals surface area contributed by atoms with Gasteiger partial charge in [-0.2, -0.15) is 0 Å². The highest BCUT2D eigenvalue weighted by atomic mass is 16.1. The summed E-state index contributed by atoms with van der Waals surface area (Å²) in [7, 11) is 0. The fourth-order valence-corrected chi connectivity index (χ4v) is 2.15. The smallest absolute Gasteiger partial charge is 0.145 e. The number of nitrogens with zero attached hydrogens (tertiary/aromatic N) is 1. The third kappa shape index (κ3) is 5.18. The summed E-state index contributed by atoms with van der Waals surface area (Å²) in [6.07, 6.45) is 2.14. The quantitative estimate of drug-likeness (QED) is 0.609. The van der Waals surface area contributed by atoms with Crippen LogP contribution in [0.5, 0.6) is 0 Å². The molecule has 0 aliphatic rings. The van der Waals surface area contributed by atoms with E-state index in [1.165, 1.54) is 0 Å². The summed E-state index contributed by atoms with van der Waals surface area (Å²) in [5, 5.41) is 7.35. The Morgan fingerprint density at radius 1 is 1.13 bits per heavy atom. The van der Waals surface area contributed by atoms with Gasteiger partial charge in [-0.15, -0.1) is 0 Å². The number of hydrogen-bond donors (Lipinski definition) is 2. The number of ketones is 1. The van der Waals surface area contributed by atoms with Gasteiger partial charge in [0.1, 0.15) is 11.6 Å². The molecular weight excluding hydrogens is 286 g/mol. The molecule has 0 heterocycles. The zero-order chi connectivity index (χ0) is 16.7. The van der Waals surface area contributed by atoms with Crippen LogP contribution in [-0.2, 0) is 17.8 Å². The maximum Gasteiger partial charge on any atom is 0.145 e. The van der Waals surface area contributed by atoms with Crippen molar-refractivity contribution in [2.75, 3.05) is 0 Å². The lowest BCUT2D eigenvalue weighted by Crippen LogP contribution is -2.15. The maximum atomic E-state index is 12.1. The number of Topliss-reactive ketones (excluding diaryl/α,β-unsaturated/α-hetero) is 1. The molecule has 0 amide bonds. The van der Waals surface area contributed by atoms with Crippen molar-refractivity contribution in [2.24, 2.45) is 16.6 Å². The Kier molecular flexibility index (Phi) is 5.80. The second kappa shape index (κ2) is 8.03. The number of benzene rings is 2. The van der Waals surface area contributed by atoms with Gasteiger partial charge in [-0.1, -0.05) is 61.5 Å².